The van der Waals surface area contributed by atoms with Crippen LogP contribution in [-0.4, -0.2) is 39.1 Å². The van der Waals surface area contributed by atoms with Crippen molar-refractivity contribution in [2.75, 3.05) is 33.0 Å². The molecule has 0 aliphatic carbocycles. The van der Waals surface area contributed by atoms with Crippen LogP contribution in [0.2, 0.25) is 0 Å². The highest BCUT2D eigenvalue weighted by Crippen LogP contribution is 2.28. The third-order valence-electron chi connectivity index (χ3n) is 4.34. The van der Waals surface area contributed by atoms with Gasteiger partial charge in [0.15, 0.2) is 0 Å². The minimum absolute atomic E-state index is 0.345. The van der Waals surface area contributed by atoms with Gasteiger partial charge in [-0.05, 0) is 30.2 Å². The molecule has 1 aliphatic heterocycles. The summed E-state index contributed by atoms with van der Waals surface area (Å²) in [5.41, 5.74) is 1.44. The molecule has 1 heterocycles. The highest BCUT2D eigenvalue weighted by atomic mass is 16.6. The standard InChI is InChI=1S/C19H30O3/c1-3-16(2)13-18(17-7-5-4-6-8-17)9-10-20-11-12-21-14-19-15-22-19/h4-8,16,18-19H,3,9-15H2,1-2H3. The van der Waals surface area contributed by atoms with Crippen LogP contribution in [-0.2, 0) is 14.2 Å². The fourth-order valence-electron chi connectivity index (χ4n) is 2.62. The first-order chi connectivity index (χ1) is 10.8. The van der Waals surface area contributed by atoms with Gasteiger partial charge in [-0.3, -0.25) is 0 Å². The van der Waals surface area contributed by atoms with Crippen molar-refractivity contribution in [2.24, 2.45) is 5.92 Å². The fourth-order valence-corrected chi connectivity index (χ4v) is 2.62. The van der Waals surface area contributed by atoms with Crippen molar-refractivity contribution in [1.82, 2.24) is 0 Å². The molecular weight excluding hydrogens is 276 g/mol. The van der Waals surface area contributed by atoms with Crippen LogP contribution in [0.4, 0.5) is 0 Å². The number of benzene rings is 1. The second-order valence-corrected chi connectivity index (χ2v) is 6.29. The molecule has 0 amide bonds. The van der Waals surface area contributed by atoms with E-state index in [2.05, 4.69) is 44.2 Å². The van der Waals surface area contributed by atoms with Crippen LogP contribution < -0.4 is 0 Å². The lowest BCUT2D eigenvalue weighted by Gasteiger charge is -2.21. The lowest BCUT2D eigenvalue weighted by Crippen LogP contribution is -2.12. The van der Waals surface area contributed by atoms with Crippen LogP contribution >= 0.6 is 0 Å². The number of rotatable bonds is 12. The minimum atomic E-state index is 0.345. The summed E-state index contributed by atoms with van der Waals surface area (Å²) >= 11 is 0. The van der Waals surface area contributed by atoms with Crippen LogP contribution in [0.3, 0.4) is 0 Å². The number of epoxide rings is 1. The molecular formula is C19H30O3. The van der Waals surface area contributed by atoms with E-state index in [1.807, 2.05) is 0 Å². The molecule has 1 aliphatic rings. The summed E-state index contributed by atoms with van der Waals surface area (Å²) in [5, 5.41) is 0. The van der Waals surface area contributed by atoms with Crippen LogP contribution in [0.1, 0.15) is 44.6 Å². The van der Waals surface area contributed by atoms with Crippen molar-refractivity contribution in [1.29, 1.82) is 0 Å². The molecule has 0 aromatic heterocycles. The van der Waals surface area contributed by atoms with E-state index in [0.717, 1.165) is 25.6 Å². The second-order valence-electron chi connectivity index (χ2n) is 6.29. The van der Waals surface area contributed by atoms with Gasteiger partial charge in [0.2, 0.25) is 0 Å². The van der Waals surface area contributed by atoms with Crippen LogP contribution in [0.25, 0.3) is 0 Å². The first-order valence-electron chi connectivity index (χ1n) is 8.61. The maximum Gasteiger partial charge on any atom is 0.104 e. The van der Waals surface area contributed by atoms with Crippen LogP contribution in [0, 0.1) is 5.92 Å². The zero-order chi connectivity index (χ0) is 15.6. The quantitative estimate of drug-likeness (QED) is 0.431. The molecule has 0 N–H and O–H groups in total. The molecule has 0 bridgehead atoms. The molecule has 124 valence electrons. The third-order valence-corrected chi connectivity index (χ3v) is 4.34. The minimum Gasteiger partial charge on any atom is -0.379 e. The Labute approximate surface area is 135 Å². The van der Waals surface area contributed by atoms with Crippen molar-refractivity contribution >= 4 is 0 Å². The Hall–Kier alpha value is -0.900. The average Bonchev–Trinajstić information content (AvgIpc) is 3.37. The third kappa shape index (κ3) is 6.91. The van der Waals surface area contributed by atoms with E-state index in [4.69, 9.17) is 14.2 Å². The summed E-state index contributed by atoms with van der Waals surface area (Å²) in [4.78, 5) is 0. The lowest BCUT2D eigenvalue weighted by molar-refractivity contribution is 0.0390. The van der Waals surface area contributed by atoms with Crippen molar-refractivity contribution < 1.29 is 14.2 Å². The molecule has 0 saturated carbocycles. The van der Waals surface area contributed by atoms with E-state index in [1.54, 1.807) is 0 Å². The van der Waals surface area contributed by atoms with E-state index in [-0.39, 0.29) is 0 Å². The first-order valence-corrected chi connectivity index (χ1v) is 8.61. The molecule has 0 spiro atoms. The van der Waals surface area contributed by atoms with E-state index >= 15 is 0 Å². The van der Waals surface area contributed by atoms with Gasteiger partial charge in [-0.2, -0.15) is 0 Å². The van der Waals surface area contributed by atoms with Crippen LogP contribution in [0.15, 0.2) is 30.3 Å². The van der Waals surface area contributed by atoms with Crippen molar-refractivity contribution in [3.8, 4) is 0 Å². The van der Waals surface area contributed by atoms with E-state index in [9.17, 15) is 0 Å². The SMILES string of the molecule is CCC(C)CC(CCOCCOCC1CO1)c1ccccc1. The highest BCUT2D eigenvalue weighted by molar-refractivity contribution is 5.19. The Morgan fingerprint density at radius 1 is 1.14 bits per heavy atom. The largest absolute Gasteiger partial charge is 0.379 e. The molecule has 2 rings (SSSR count). The van der Waals surface area contributed by atoms with Crippen LogP contribution in [0.5, 0.6) is 0 Å². The molecule has 3 heteroatoms. The monoisotopic (exact) mass is 306 g/mol. The lowest BCUT2D eigenvalue weighted by atomic mass is 9.86. The van der Waals surface area contributed by atoms with Gasteiger partial charge < -0.3 is 14.2 Å². The zero-order valence-electron chi connectivity index (χ0n) is 14.0. The first kappa shape index (κ1) is 17.5. The summed E-state index contributed by atoms with van der Waals surface area (Å²) in [6.45, 7) is 8.33. The van der Waals surface area contributed by atoms with Gasteiger partial charge in [-0.1, -0.05) is 50.6 Å². The van der Waals surface area contributed by atoms with Gasteiger partial charge in [0.1, 0.15) is 6.10 Å². The van der Waals surface area contributed by atoms with Gasteiger partial charge in [0.25, 0.3) is 0 Å². The van der Waals surface area contributed by atoms with Gasteiger partial charge in [-0.15, -0.1) is 0 Å². The Morgan fingerprint density at radius 2 is 1.86 bits per heavy atom. The molecule has 1 aromatic rings. The molecule has 3 nitrogen and oxygen atoms in total. The van der Waals surface area contributed by atoms with Gasteiger partial charge in [0.05, 0.1) is 26.4 Å². The van der Waals surface area contributed by atoms with Crippen molar-refractivity contribution in [3.63, 3.8) is 0 Å². The smallest absolute Gasteiger partial charge is 0.104 e. The van der Waals surface area contributed by atoms with E-state index in [0.29, 0.717) is 31.8 Å². The predicted molar refractivity (Wildman–Crippen MR) is 89.3 cm³/mol. The summed E-state index contributed by atoms with van der Waals surface area (Å²) < 4.78 is 16.3. The maximum absolute atomic E-state index is 5.74. The van der Waals surface area contributed by atoms with Gasteiger partial charge >= 0.3 is 0 Å². The van der Waals surface area contributed by atoms with E-state index in [1.165, 1.54) is 18.4 Å². The Morgan fingerprint density at radius 3 is 2.55 bits per heavy atom. The fraction of sp³-hybridized carbons (Fsp3) is 0.684. The maximum atomic E-state index is 5.74. The normalized spacial score (nSPS) is 19.8. The second kappa shape index (κ2) is 9.98. The highest BCUT2D eigenvalue weighted by Gasteiger charge is 2.22. The van der Waals surface area contributed by atoms with Crippen molar-refractivity contribution in [3.05, 3.63) is 35.9 Å². The Bertz CT molecular complexity index is 389. The van der Waals surface area contributed by atoms with Crippen molar-refractivity contribution in [2.45, 2.75) is 45.1 Å². The average molecular weight is 306 g/mol. The number of ether oxygens (including phenoxy) is 3. The molecule has 1 fully saturated rings. The number of hydrogen-bond donors (Lipinski definition) is 0. The van der Waals surface area contributed by atoms with E-state index < -0.39 is 0 Å². The molecule has 1 saturated heterocycles. The summed E-state index contributed by atoms with van der Waals surface area (Å²) in [6.07, 6.45) is 3.90. The summed E-state index contributed by atoms with van der Waals surface area (Å²) in [7, 11) is 0. The van der Waals surface area contributed by atoms with Gasteiger partial charge in [-0.25, -0.2) is 0 Å². The molecule has 0 radical (unpaired) electrons. The zero-order valence-corrected chi connectivity index (χ0v) is 14.0. The number of hydrogen-bond acceptors (Lipinski definition) is 3. The van der Waals surface area contributed by atoms with Gasteiger partial charge in [0, 0.05) is 6.61 Å². The Kier molecular flexibility index (Phi) is 7.92. The topological polar surface area (TPSA) is 31.0 Å². The predicted octanol–water partition coefficient (Wildman–Crippen LogP) is 4.03. The molecule has 1 aromatic carbocycles. The molecule has 22 heavy (non-hydrogen) atoms. The molecule has 3 unspecified atom stereocenters. The Balaban J connectivity index is 1.65. The summed E-state index contributed by atoms with van der Waals surface area (Å²) in [5.74, 6) is 1.35. The summed E-state index contributed by atoms with van der Waals surface area (Å²) in [6, 6.07) is 10.8. The molecule has 3 atom stereocenters.